The van der Waals surface area contributed by atoms with Gasteiger partial charge in [0.25, 0.3) is 5.91 Å². The van der Waals surface area contributed by atoms with Gasteiger partial charge in [-0.2, -0.15) is 5.26 Å². The summed E-state index contributed by atoms with van der Waals surface area (Å²) in [5.41, 5.74) is 1.37. The van der Waals surface area contributed by atoms with Crippen LogP contribution >= 0.6 is 23.2 Å². The highest BCUT2D eigenvalue weighted by molar-refractivity contribution is 6.32. The average Bonchev–Trinajstić information content (AvgIpc) is 2.64. The number of amides is 1. The summed E-state index contributed by atoms with van der Waals surface area (Å²) in [5, 5.41) is 22.3. The van der Waals surface area contributed by atoms with Crippen LogP contribution in [-0.2, 0) is 4.79 Å². The van der Waals surface area contributed by atoms with Gasteiger partial charge in [0.2, 0.25) is 0 Å². The molecule has 2 aromatic rings. The minimum Gasteiger partial charge on any atom is -0.503 e. The van der Waals surface area contributed by atoms with E-state index in [0.29, 0.717) is 22.0 Å². The summed E-state index contributed by atoms with van der Waals surface area (Å²) in [7, 11) is 2.81. The summed E-state index contributed by atoms with van der Waals surface area (Å²) in [6.07, 6.45) is 1.33. The molecule has 0 fully saturated rings. The molecule has 0 saturated carbocycles. The maximum absolute atomic E-state index is 12.5. The van der Waals surface area contributed by atoms with E-state index >= 15 is 0 Å². The number of aromatic hydroxyl groups is 1. The van der Waals surface area contributed by atoms with Crippen LogP contribution in [0.15, 0.2) is 29.8 Å². The molecule has 140 valence electrons. The van der Waals surface area contributed by atoms with Gasteiger partial charge in [0.1, 0.15) is 17.4 Å². The van der Waals surface area contributed by atoms with Crippen LogP contribution in [0, 0.1) is 18.3 Å². The highest BCUT2D eigenvalue weighted by atomic mass is 35.5. The third kappa shape index (κ3) is 4.64. The molecule has 0 bridgehead atoms. The fraction of sp³-hybridized carbons (Fsp3) is 0.158. The van der Waals surface area contributed by atoms with Crippen molar-refractivity contribution in [2.24, 2.45) is 0 Å². The van der Waals surface area contributed by atoms with Gasteiger partial charge in [-0.15, -0.1) is 0 Å². The van der Waals surface area contributed by atoms with Crippen molar-refractivity contribution >= 4 is 40.9 Å². The topological polar surface area (TPSA) is 91.6 Å². The molecule has 27 heavy (non-hydrogen) atoms. The maximum atomic E-state index is 12.5. The Morgan fingerprint density at radius 3 is 2.41 bits per heavy atom. The SMILES string of the molecule is COc1cc(Cl)c(C)cc1NC(=O)/C(C#N)=C/c1cc(Cl)c(O)c(OC)c1. The van der Waals surface area contributed by atoms with Crippen LogP contribution in [0.3, 0.4) is 0 Å². The first-order valence-corrected chi connectivity index (χ1v) is 8.40. The summed E-state index contributed by atoms with van der Waals surface area (Å²) in [5.74, 6) is -0.367. The van der Waals surface area contributed by atoms with Gasteiger partial charge in [-0.1, -0.05) is 23.2 Å². The van der Waals surface area contributed by atoms with Crippen LogP contribution in [0.5, 0.6) is 17.2 Å². The first kappa shape index (κ1) is 20.4. The monoisotopic (exact) mass is 406 g/mol. The van der Waals surface area contributed by atoms with E-state index in [9.17, 15) is 15.2 Å². The number of hydrogen-bond donors (Lipinski definition) is 2. The molecular formula is C19H16Cl2N2O4. The van der Waals surface area contributed by atoms with E-state index in [1.807, 2.05) is 6.07 Å². The molecule has 0 aromatic heterocycles. The van der Waals surface area contributed by atoms with E-state index in [1.54, 1.807) is 19.1 Å². The Kier molecular flexibility index (Phi) is 6.56. The van der Waals surface area contributed by atoms with Crippen molar-refractivity contribution in [1.29, 1.82) is 5.26 Å². The molecule has 2 N–H and O–H groups in total. The smallest absolute Gasteiger partial charge is 0.266 e. The van der Waals surface area contributed by atoms with E-state index in [2.05, 4.69) is 5.32 Å². The lowest BCUT2D eigenvalue weighted by Crippen LogP contribution is -2.14. The summed E-state index contributed by atoms with van der Waals surface area (Å²) >= 11 is 12.0. The van der Waals surface area contributed by atoms with Crippen molar-refractivity contribution in [3.63, 3.8) is 0 Å². The van der Waals surface area contributed by atoms with Crippen molar-refractivity contribution in [3.05, 3.63) is 51.0 Å². The number of methoxy groups -OCH3 is 2. The lowest BCUT2D eigenvalue weighted by molar-refractivity contribution is -0.112. The average molecular weight is 407 g/mol. The number of anilines is 1. The van der Waals surface area contributed by atoms with Gasteiger partial charge in [-0.05, 0) is 42.3 Å². The molecule has 0 spiro atoms. The van der Waals surface area contributed by atoms with Gasteiger partial charge in [0, 0.05) is 11.1 Å². The number of benzene rings is 2. The highest BCUT2D eigenvalue weighted by Crippen LogP contribution is 2.36. The molecule has 0 aliphatic rings. The van der Waals surface area contributed by atoms with Crippen LogP contribution in [0.1, 0.15) is 11.1 Å². The van der Waals surface area contributed by atoms with Crippen LogP contribution in [0.25, 0.3) is 6.08 Å². The fourth-order valence-corrected chi connectivity index (χ4v) is 2.64. The molecule has 8 heteroatoms. The van der Waals surface area contributed by atoms with Gasteiger partial charge in [0.15, 0.2) is 11.5 Å². The second kappa shape index (κ2) is 8.67. The second-order valence-electron chi connectivity index (χ2n) is 5.48. The van der Waals surface area contributed by atoms with Gasteiger partial charge in [-0.25, -0.2) is 0 Å². The second-order valence-corrected chi connectivity index (χ2v) is 6.29. The van der Waals surface area contributed by atoms with Crippen LogP contribution < -0.4 is 14.8 Å². The lowest BCUT2D eigenvalue weighted by atomic mass is 10.1. The number of phenolic OH excluding ortho intramolecular Hbond substituents is 1. The number of phenols is 1. The standard InChI is InChI=1S/C19H16Cl2N2O4/c1-10-4-15(16(26-2)8-13(10)20)23-19(25)12(9-22)5-11-6-14(21)18(24)17(7-11)27-3/h4-8,24H,1-3H3,(H,23,25)/b12-5+. The molecular weight excluding hydrogens is 391 g/mol. The minimum absolute atomic E-state index is 0.0355. The number of nitrogens with one attached hydrogen (secondary N) is 1. The first-order chi connectivity index (χ1) is 12.8. The zero-order valence-corrected chi connectivity index (χ0v) is 16.3. The van der Waals surface area contributed by atoms with Crippen molar-refractivity contribution < 1.29 is 19.4 Å². The van der Waals surface area contributed by atoms with Gasteiger partial charge < -0.3 is 19.9 Å². The Balaban J connectivity index is 2.37. The van der Waals surface area contributed by atoms with Crippen molar-refractivity contribution in [1.82, 2.24) is 0 Å². The van der Waals surface area contributed by atoms with E-state index in [1.165, 1.54) is 32.4 Å². The molecule has 0 aliphatic heterocycles. The van der Waals surface area contributed by atoms with Gasteiger partial charge >= 0.3 is 0 Å². The summed E-state index contributed by atoms with van der Waals surface area (Å²) in [4.78, 5) is 12.5. The molecule has 0 radical (unpaired) electrons. The molecule has 0 heterocycles. The van der Waals surface area contributed by atoms with E-state index in [-0.39, 0.29) is 22.1 Å². The summed E-state index contributed by atoms with van der Waals surface area (Å²) in [6, 6.07) is 7.94. The number of aryl methyl sites for hydroxylation is 1. The molecule has 0 aliphatic carbocycles. The van der Waals surface area contributed by atoms with Crippen LogP contribution in [0.2, 0.25) is 10.0 Å². The van der Waals surface area contributed by atoms with Gasteiger partial charge in [0.05, 0.1) is 24.9 Å². The molecule has 2 aromatic carbocycles. The number of hydrogen-bond acceptors (Lipinski definition) is 5. The normalized spacial score (nSPS) is 10.9. The first-order valence-electron chi connectivity index (χ1n) is 7.64. The van der Waals surface area contributed by atoms with Crippen molar-refractivity contribution in [2.45, 2.75) is 6.92 Å². The van der Waals surface area contributed by atoms with Gasteiger partial charge in [-0.3, -0.25) is 4.79 Å². The van der Waals surface area contributed by atoms with E-state index in [4.69, 9.17) is 32.7 Å². The molecule has 1 amide bonds. The molecule has 6 nitrogen and oxygen atoms in total. The van der Waals surface area contributed by atoms with Crippen molar-refractivity contribution in [3.8, 4) is 23.3 Å². The predicted molar refractivity (Wildman–Crippen MR) is 105 cm³/mol. The minimum atomic E-state index is -0.638. The number of nitriles is 1. The lowest BCUT2D eigenvalue weighted by Gasteiger charge is -2.12. The third-order valence-corrected chi connectivity index (χ3v) is 4.37. The third-order valence-electron chi connectivity index (χ3n) is 3.68. The number of carbonyl (C=O) groups excluding carboxylic acids is 1. The van der Waals surface area contributed by atoms with E-state index in [0.717, 1.165) is 5.56 Å². The fourth-order valence-electron chi connectivity index (χ4n) is 2.27. The summed E-state index contributed by atoms with van der Waals surface area (Å²) in [6.45, 7) is 1.78. The predicted octanol–water partition coefficient (Wildman–Crippen LogP) is 4.57. The number of nitrogens with zero attached hydrogens (tertiary/aromatic N) is 1. The Morgan fingerprint density at radius 2 is 1.81 bits per heavy atom. The van der Waals surface area contributed by atoms with Crippen LogP contribution in [-0.4, -0.2) is 25.2 Å². The Bertz CT molecular complexity index is 965. The highest BCUT2D eigenvalue weighted by Gasteiger charge is 2.15. The zero-order valence-electron chi connectivity index (χ0n) is 14.8. The number of rotatable bonds is 5. The quantitative estimate of drug-likeness (QED) is 0.560. The maximum Gasteiger partial charge on any atom is 0.266 e. The zero-order chi connectivity index (χ0) is 20.1. The molecule has 2 rings (SSSR count). The summed E-state index contributed by atoms with van der Waals surface area (Å²) < 4.78 is 10.2. The van der Waals surface area contributed by atoms with E-state index < -0.39 is 5.91 Å². The Hall–Kier alpha value is -2.88. The number of ether oxygens (including phenoxy) is 2. The number of halogens is 2. The Morgan fingerprint density at radius 1 is 1.15 bits per heavy atom. The van der Waals surface area contributed by atoms with Crippen LogP contribution in [0.4, 0.5) is 5.69 Å². The molecule has 0 atom stereocenters. The largest absolute Gasteiger partial charge is 0.503 e. The number of carbonyl (C=O) groups is 1. The Labute approximate surface area is 166 Å². The molecule has 0 saturated heterocycles. The van der Waals surface area contributed by atoms with Crippen molar-refractivity contribution in [2.75, 3.05) is 19.5 Å². The molecule has 0 unspecified atom stereocenters.